The molecule has 0 spiro atoms. The number of hydrogen-bond donors (Lipinski definition) is 0. The number of carbonyl (C=O) groups is 1. The first-order valence-electron chi connectivity index (χ1n) is 5.63. The Bertz CT molecular complexity index is 407. The van der Waals surface area contributed by atoms with Gasteiger partial charge < -0.3 is 4.74 Å². The maximum Gasteiger partial charge on any atom is 0.337 e. The van der Waals surface area contributed by atoms with Crippen LogP contribution in [0.1, 0.15) is 28.8 Å². The van der Waals surface area contributed by atoms with Gasteiger partial charge in [0.05, 0.1) is 12.7 Å². The van der Waals surface area contributed by atoms with Crippen molar-refractivity contribution in [3.8, 4) is 0 Å². The lowest BCUT2D eigenvalue weighted by Crippen LogP contribution is -2.03. The molecule has 0 bridgehead atoms. The Hall–Kier alpha value is -1.57. The van der Waals surface area contributed by atoms with Crippen LogP contribution in [0.25, 0.3) is 0 Å². The van der Waals surface area contributed by atoms with Crippen molar-refractivity contribution in [1.29, 1.82) is 0 Å². The number of benzene rings is 1. The Morgan fingerprint density at radius 3 is 3.06 bits per heavy atom. The molecule has 2 nitrogen and oxygen atoms in total. The average molecular weight is 216 g/mol. The zero-order chi connectivity index (χ0) is 11.4. The first kappa shape index (κ1) is 10.9. The third kappa shape index (κ3) is 2.51. The van der Waals surface area contributed by atoms with Crippen LogP contribution in [0.2, 0.25) is 0 Å². The van der Waals surface area contributed by atoms with Crippen molar-refractivity contribution < 1.29 is 9.53 Å². The van der Waals surface area contributed by atoms with E-state index in [9.17, 15) is 4.79 Å². The van der Waals surface area contributed by atoms with Gasteiger partial charge in [-0.25, -0.2) is 4.79 Å². The summed E-state index contributed by atoms with van der Waals surface area (Å²) in [6, 6.07) is 7.71. The van der Waals surface area contributed by atoms with Crippen LogP contribution in [0.5, 0.6) is 0 Å². The van der Waals surface area contributed by atoms with E-state index in [0.717, 1.165) is 6.42 Å². The van der Waals surface area contributed by atoms with Gasteiger partial charge in [0.2, 0.25) is 0 Å². The zero-order valence-corrected chi connectivity index (χ0v) is 9.48. The first-order chi connectivity index (χ1) is 7.79. The number of esters is 1. The van der Waals surface area contributed by atoms with Crippen LogP contribution in [-0.2, 0) is 11.2 Å². The molecule has 2 rings (SSSR count). The molecule has 2 heteroatoms. The van der Waals surface area contributed by atoms with Crippen molar-refractivity contribution >= 4 is 5.97 Å². The lowest BCUT2D eigenvalue weighted by atomic mass is 9.98. The standard InChI is InChI=1S/C14H16O2/c1-16-14(15)13-8-4-7-12(10-13)9-11-5-2-3-6-11/h2,4-5,7-8,10-11H,3,6,9H2,1H3. The van der Waals surface area contributed by atoms with Gasteiger partial charge in [0.25, 0.3) is 0 Å². The average Bonchev–Trinajstić information content (AvgIpc) is 2.81. The minimum absolute atomic E-state index is 0.260. The molecule has 0 saturated carbocycles. The Morgan fingerprint density at radius 1 is 1.50 bits per heavy atom. The van der Waals surface area contributed by atoms with Crippen LogP contribution in [0.4, 0.5) is 0 Å². The van der Waals surface area contributed by atoms with Crippen LogP contribution in [0.3, 0.4) is 0 Å². The van der Waals surface area contributed by atoms with Crippen molar-refractivity contribution in [2.45, 2.75) is 19.3 Å². The molecule has 1 aromatic rings. The summed E-state index contributed by atoms with van der Waals surface area (Å²) in [5.41, 5.74) is 1.85. The fourth-order valence-electron chi connectivity index (χ4n) is 2.11. The van der Waals surface area contributed by atoms with Crippen LogP contribution in [0.15, 0.2) is 36.4 Å². The second-order valence-electron chi connectivity index (χ2n) is 4.16. The van der Waals surface area contributed by atoms with Gasteiger partial charge in [-0.3, -0.25) is 0 Å². The van der Waals surface area contributed by atoms with Crippen molar-refractivity contribution in [2.24, 2.45) is 5.92 Å². The minimum Gasteiger partial charge on any atom is -0.465 e. The molecule has 0 aliphatic heterocycles. The number of hydrogen-bond acceptors (Lipinski definition) is 2. The molecule has 1 atom stereocenters. The SMILES string of the molecule is COC(=O)c1cccc(CC2C=CCC2)c1. The molecule has 0 saturated heterocycles. The predicted octanol–water partition coefficient (Wildman–Crippen LogP) is 2.98. The monoisotopic (exact) mass is 216 g/mol. The van der Waals surface area contributed by atoms with Crippen LogP contribution in [-0.4, -0.2) is 13.1 Å². The lowest BCUT2D eigenvalue weighted by molar-refractivity contribution is 0.0600. The van der Waals surface area contributed by atoms with Crippen molar-refractivity contribution in [3.63, 3.8) is 0 Å². The Labute approximate surface area is 95.9 Å². The molecular formula is C14H16O2. The molecule has 0 heterocycles. The lowest BCUT2D eigenvalue weighted by Gasteiger charge is -2.08. The fraction of sp³-hybridized carbons (Fsp3) is 0.357. The molecular weight excluding hydrogens is 200 g/mol. The summed E-state index contributed by atoms with van der Waals surface area (Å²) in [4.78, 5) is 11.4. The third-order valence-corrected chi connectivity index (χ3v) is 2.96. The highest BCUT2D eigenvalue weighted by molar-refractivity contribution is 5.89. The van der Waals surface area contributed by atoms with Gasteiger partial charge in [0.1, 0.15) is 0 Å². The largest absolute Gasteiger partial charge is 0.465 e. The Balaban J connectivity index is 2.09. The van der Waals surface area contributed by atoms with Gasteiger partial charge in [-0.1, -0.05) is 24.3 Å². The fourth-order valence-corrected chi connectivity index (χ4v) is 2.11. The maximum atomic E-state index is 11.4. The van der Waals surface area contributed by atoms with E-state index < -0.39 is 0 Å². The van der Waals surface area contributed by atoms with E-state index in [-0.39, 0.29) is 5.97 Å². The van der Waals surface area contributed by atoms with E-state index in [1.54, 1.807) is 6.07 Å². The summed E-state index contributed by atoms with van der Waals surface area (Å²) in [5.74, 6) is 0.372. The Morgan fingerprint density at radius 2 is 2.38 bits per heavy atom. The molecule has 1 aliphatic rings. The number of allylic oxidation sites excluding steroid dienone is 2. The zero-order valence-electron chi connectivity index (χ0n) is 9.48. The van der Waals surface area contributed by atoms with Gasteiger partial charge in [-0.15, -0.1) is 0 Å². The normalized spacial score (nSPS) is 18.7. The number of rotatable bonds is 3. The van der Waals surface area contributed by atoms with Gasteiger partial charge in [-0.05, 0) is 42.9 Å². The molecule has 1 unspecified atom stereocenters. The van der Waals surface area contributed by atoms with Crippen LogP contribution in [0, 0.1) is 5.92 Å². The Kier molecular flexibility index (Phi) is 3.40. The molecule has 0 aromatic heterocycles. The molecule has 0 radical (unpaired) electrons. The smallest absolute Gasteiger partial charge is 0.337 e. The quantitative estimate of drug-likeness (QED) is 0.573. The molecule has 0 amide bonds. The molecule has 0 fully saturated rings. The molecule has 1 aliphatic carbocycles. The summed E-state index contributed by atoms with van der Waals surface area (Å²) in [7, 11) is 1.41. The summed E-state index contributed by atoms with van der Waals surface area (Å²) in [6.45, 7) is 0. The van der Waals surface area contributed by atoms with E-state index in [2.05, 4.69) is 18.2 Å². The van der Waals surface area contributed by atoms with Gasteiger partial charge in [-0.2, -0.15) is 0 Å². The molecule has 84 valence electrons. The molecule has 1 aromatic carbocycles. The predicted molar refractivity (Wildman–Crippen MR) is 63.3 cm³/mol. The summed E-state index contributed by atoms with van der Waals surface area (Å²) in [6.07, 6.45) is 7.92. The second kappa shape index (κ2) is 4.97. The highest BCUT2D eigenvalue weighted by Crippen LogP contribution is 2.22. The van der Waals surface area contributed by atoms with Gasteiger partial charge in [0, 0.05) is 0 Å². The molecule has 0 N–H and O–H groups in total. The van der Waals surface area contributed by atoms with Crippen LogP contribution >= 0.6 is 0 Å². The first-order valence-corrected chi connectivity index (χ1v) is 5.63. The van der Waals surface area contributed by atoms with Crippen molar-refractivity contribution in [3.05, 3.63) is 47.5 Å². The highest BCUT2D eigenvalue weighted by Gasteiger charge is 2.11. The van der Waals surface area contributed by atoms with E-state index in [1.807, 2.05) is 12.1 Å². The van der Waals surface area contributed by atoms with E-state index in [4.69, 9.17) is 4.74 Å². The third-order valence-electron chi connectivity index (χ3n) is 2.96. The summed E-state index contributed by atoms with van der Waals surface area (Å²) in [5, 5.41) is 0. The maximum absolute atomic E-state index is 11.4. The van der Waals surface area contributed by atoms with Crippen molar-refractivity contribution in [1.82, 2.24) is 0 Å². The van der Waals surface area contributed by atoms with Gasteiger partial charge >= 0.3 is 5.97 Å². The topological polar surface area (TPSA) is 26.3 Å². The summed E-state index contributed by atoms with van der Waals surface area (Å²) < 4.78 is 4.71. The number of methoxy groups -OCH3 is 1. The van der Waals surface area contributed by atoms with Crippen LogP contribution < -0.4 is 0 Å². The van der Waals surface area contributed by atoms with Gasteiger partial charge in [0.15, 0.2) is 0 Å². The summed E-state index contributed by atoms with van der Waals surface area (Å²) >= 11 is 0. The highest BCUT2D eigenvalue weighted by atomic mass is 16.5. The second-order valence-corrected chi connectivity index (χ2v) is 4.16. The number of ether oxygens (including phenoxy) is 1. The minimum atomic E-state index is -0.260. The van der Waals surface area contributed by atoms with E-state index in [1.165, 1.54) is 25.5 Å². The number of carbonyl (C=O) groups excluding carboxylic acids is 1. The van der Waals surface area contributed by atoms with Crippen molar-refractivity contribution in [2.75, 3.05) is 7.11 Å². The van der Waals surface area contributed by atoms with E-state index >= 15 is 0 Å². The molecule has 16 heavy (non-hydrogen) atoms. The van der Waals surface area contributed by atoms with E-state index in [0.29, 0.717) is 11.5 Å².